The monoisotopic (exact) mass is 520 g/mol. The van der Waals surface area contributed by atoms with Crippen LogP contribution < -0.4 is 10.2 Å². The van der Waals surface area contributed by atoms with Crippen LogP contribution in [0.15, 0.2) is 60.7 Å². The molecule has 8 heteroatoms. The highest BCUT2D eigenvalue weighted by molar-refractivity contribution is 6.01. The Morgan fingerprint density at radius 3 is 1.92 bits per heavy atom. The number of hydrogen-bond donors (Lipinski definition) is 2. The summed E-state index contributed by atoms with van der Waals surface area (Å²) in [5.41, 5.74) is 1.23. The van der Waals surface area contributed by atoms with E-state index < -0.39 is 24.1 Å². The van der Waals surface area contributed by atoms with E-state index in [2.05, 4.69) is 5.32 Å². The molecule has 4 rings (SSSR count). The van der Waals surface area contributed by atoms with Crippen molar-refractivity contribution in [1.29, 1.82) is 0 Å². The second-order valence-electron chi connectivity index (χ2n) is 10.5. The first kappa shape index (κ1) is 27.5. The maximum atomic E-state index is 13.7. The minimum Gasteiger partial charge on any atom is -0.480 e. The van der Waals surface area contributed by atoms with E-state index in [1.54, 1.807) is 31.3 Å². The van der Waals surface area contributed by atoms with Crippen molar-refractivity contribution in [3.8, 4) is 0 Å². The summed E-state index contributed by atoms with van der Waals surface area (Å²) in [4.78, 5) is 44.8. The van der Waals surface area contributed by atoms with Gasteiger partial charge in [0.05, 0.1) is 17.4 Å². The van der Waals surface area contributed by atoms with Crippen LogP contribution in [0.3, 0.4) is 0 Å². The first-order valence-electron chi connectivity index (χ1n) is 13.9. The van der Waals surface area contributed by atoms with Crippen LogP contribution in [0.25, 0.3) is 0 Å². The molecule has 2 aromatic rings. The quantitative estimate of drug-likeness (QED) is 0.410. The number of aliphatic carboxylic acids is 1. The number of likely N-dealkylation sites (N-methyl/N-ethyl adjacent to an activating group) is 1. The van der Waals surface area contributed by atoms with E-state index in [0.717, 1.165) is 32.2 Å². The number of nitrogens with one attached hydrogen (secondary N) is 1. The number of carboxylic acid groups (broad SMARTS) is 1. The van der Waals surface area contributed by atoms with Gasteiger partial charge in [0.15, 0.2) is 0 Å². The molecular formula is C30H40N4O4. The van der Waals surface area contributed by atoms with E-state index in [1.165, 1.54) is 29.1 Å². The predicted molar refractivity (Wildman–Crippen MR) is 149 cm³/mol. The van der Waals surface area contributed by atoms with Crippen LogP contribution >= 0.6 is 0 Å². The van der Waals surface area contributed by atoms with Crippen LogP contribution in [-0.4, -0.2) is 64.7 Å². The summed E-state index contributed by atoms with van der Waals surface area (Å²) < 4.78 is 0. The third-order valence-corrected chi connectivity index (χ3v) is 7.79. The standard InChI is InChI=1S/C30H40N4O4/c1-3-26(32(2)30(38)33(23-19-20-23)21-22-13-7-4-8-14-22)27(28(35)36)31-29(37)34(24-15-9-5-10-16-24)25-17-11-6-12-18-25/h5-6,9-12,15-18,22-23,26-27H,3-4,7-8,13-14,19-21H2,1-2H3,(H,31,37)(H,35,36)/t26-,27+/m1/s1. The number of carbonyl (C=O) groups excluding carboxylic acids is 2. The molecule has 0 bridgehead atoms. The Balaban J connectivity index is 1.53. The molecule has 2 aromatic carbocycles. The second kappa shape index (κ2) is 12.8. The van der Waals surface area contributed by atoms with Gasteiger partial charge in [-0.25, -0.2) is 14.4 Å². The molecule has 38 heavy (non-hydrogen) atoms. The molecule has 0 saturated heterocycles. The van der Waals surface area contributed by atoms with Crippen molar-refractivity contribution in [2.24, 2.45) is 5.92 Å². The molecule has 0 spiro atoms. The lowest BCUT2D eigenvalue weighted by molar-refractivity contribution is -0.140. The zero-order valence-corrected chi connectivity index (χ0v) is 22.5. The van der Waals surface area contributed by atoms with E-state index in [4.69, 9.17) is 0 Å². The summed E-state index contributed by atoms with van der Waals surface area (Å²) in [5.74, 6) is -0.668. The highest BCUT2D eigenvalue weighted by atomic mass is 16.4. The molecule has 0 unspecified atom stereocenters. The summed E-state index contributed by atoms with van der Waals surface area (Å²) in [7, 11) is 1.67. The predicted octanol–water partition coefficient (Wildman–Crippen LogP) is 5.86. The molecule has 8 nitrogen and oxygen atoms in total. The van der Waals surface area contributed by atoms with Crippen molar-refractivity contribution >= 4 is 29.4 Å². The molecule has 0 aromatic heterocycles. The number of benzene rings is 2. The SMILES string of the molecule is CC[C@H]([C@H](NC(=O)N(c1ccccc1)c1ccccc1)C(=O)O)N(C)C(=O)N(CC1CCCCC1)C1CC1. The number of nitrogens with zero attached hydrogens (tertiary/aromatic N) is 3. The van der Waals surface area contributed by atoms with Crippen LogP contribution in [0.2, 0.25) is 0 Å². The summed E-state index contributed by atoms with van der Waals surface area (Å²) in [5, 5.41) is 13.0. The van der Waals surface area contributed by atoms with Crippen molar-refractivity contribution in [2.75, 3.05) is 18.5 Å². The van der Waals surface area contributed by atoms with E-state index in [-0.39, 0.29) is 12.1 Å². The molecule has 4 amide bonds. The Kier molecular flexibility index (Phi) is 9.26. The number of rotatable bonds is 10. The number of carboxylic acids is 1. The van der Waals surface area contributed by atoms with Gasteiger partial charge in [-0.2, -0.15) is 0 Å². The number of anilines is 2. The summed E-state index contributed by atoms with van der Waals surface area (Å²) in [6.45, 7) is 2.58. The fraction of sp³-hybridized carbons (Fsp3) is 0.500. The maximum absolute atomic E-state index is 13.7. The third kappa shape index (κ3) is 6.65. The molecular weight excluding hydrogens is 480 g/mol. The highest BCUT2D eigenvalue weighted by Gasteiger charge is 2.40. The lowest BCUT2D eigenvalue weighted by Gasteiger charge is -2.38. The van der Waals surface area contributed by atoms with Crippen LogP contribution in [-0.2, 0) is 4.79 Å². The number of carbonyl (C=O) groups is 3. The van der Waals surface area contributed by atoms with Crippen molar-refractivity contribution in [3.63, 3.8) is 0 Å². The maximum Gasteiger partial charge on any atom is 0.328 e. The van der Waals surface area contributed by atoms with Crippen molar-refractivity contribution < 1.29 is 19.5 Å². The van der Waals surface area contributed by atoms with Gasteiger partial charge in [-0.3, -0.25) is 4.90 Å². The number of amides is 4. The van der Waals surface area contributed by atoms with Crippen molar-refractivity contribution in [1.82, 2.24) is 15.1 Å². The highest BCUT2D eigenvalue weighted by Crippen LogP contribution is 2.33. The van der Waals surface area contributed by atoms with Gasteiger partial charge in [0.1, 0.15) is 6.04 Å². The Hall–Kier alpha value is -3.55. The van der Waals surface area contributed by atoms with Crippen molar-refractivity contribution in [3.05, 3.63) is 60.7 Å². The Labute approximate surface area is 225 Å². The third-order valence-electron chi connectivity index (χ3n) is 7.79. The van der Waals surface area contributed by atoms with Gasteiger partial charge < -0.3 is 20.2 Å². The van der Waals surface area contributed by atoms with Crippen molar-refractivity contribution in [2.45, 2.75) is 76.4 Å². The van der Waals surface area contributed by atoms with Crippen LogP contribution in [0.4, 0.5) is 21.0 Å². The fourth-order valence-electron chi connectivity index (χ4n) is 5.55. The summed E-state index contributed by atoms with van der Waals surface area (Å²) in [6, 6.07) is 15.8. The lowest BCUT2D eigenvalue weighted by Crippen LogP contribution is -2.59. The topological polar surface area (TPSA) is 93.2 Å². The average molecular weight is 521 g/mol. The fourth-order valence-corrected chi connectivity index (χ4v) is 5.55. The lowest BCUT2D eigenvalue weighted by atomic mass is 9.89. The average Bonchev–Trinajstić information content (AvgIpc) is 3.78. The second-order valence-corrected chi connectivity index (χ2v) is 10.5. The molecule has 0 radical (unpaired) electrons. The minimum absolute atomic E-state index is 0.145. The molecule has 2 aliphatic rings. The Bertz CT molecular complexity index is 1030. The normalized spacial score (nSPS) is 17.2. The minimum atomic E-state index is -1.27. The zero-order valence-electron chi connectivity index (χ0n) is 22.5. The molecule has 2 aliphatic carbocycles. The molecule has 0 heterocycles. The Morgan fingerprint density at radius 2 is 1.45 bits per heavy atom. The van der Waals surface area contributed by atoms with Gasteiger partial charge in [0, 0.05) is 19.6 Å². The molecule has 204 valence electrons. The molecule has 2 N–H and O–H groups in total. The Morgan fingerprint density at radius 1 is 0.895 bits per heavy atom. The van der Waals surface area contributed by atoms with Gasteiger partial charge in [-0.15, -0.1) is 0 Å². The van der Waals surface area contributed by atoms with Gasteiger partial charge in [0.2, 0.25) is 0 Å². The number of urea groups is 2. The smallest absolute Gasteiger partial charge is 0.328 e. The van der Waals surface area contributed by atoms with Crippen LogP contribution in [0.1, 0.15) is 58.3 Å². The van der Waals surface area contributed by atoms with Crippen LogP contribution in [0, 0.1) is 5.92 Å². The summed E-state index contributed by atoms with van der Waals surface area (Å²) in [6.07, 6.45) is 8.32. The van der Waals surface area contributed by atoms with E-state index in [9.17, 15) is 19.5 Å². The number of hydrogen-bond acceptors (Lipinski definition) is 3. The van der Waals surface area contributed by atoms with Gasteiger partial charge >= 0.3 is 18.0 Å². The first-order valence-corrected chi connectivity index (χ1v) is 13.9. The van der Waals surface area contributed by atoms with Gasteiger partial charge in [-0.1, -0.05) is 62.6 Å². The van der Waals surface area contributed by atoms with E-state index >= 15 is 0 Å². The van der Waals surface area contributed by atoms with E-state index in [0.29, 0.717) is 23.7 Å². The molecule has 2 fully saturated rings. The van der Waals surface area contributed by atoms with Crippen LogP contribution in [0.5, 0.6) is 0 Å². The van der Waals surface area contributed by atoms with Gasteiger partial charge in [-0.05, 0) is 62.3 Å². The number of para-hydroxylation sites is 2. The molecule has 2 saturated carbocycles. The zero-order chi connectivity index (χ0) is 27.1. The molecule has 2 atom stereocenters. The summed E-state index contributed by atoms with van der Waals surface area (Å²) >= 11 is 0. The van der Waals surface area contributed by atoms with Gasteiger partial charge in [0.25, 0.3) is 0 Å². The van der Waals surface area contributed by atoms with E-state index in [1.807, 2.05) is 48.2 Å². The largest absolute Gasteiger partial charge is 0.480 e. The first-order chi connectivity index (χ1) is 18.4. The molecule has 0 aliphatic heterocycles.